The molecule has 3 aromatic rings. The fourth-order valence-electron chi connectivity index (χ4n) is 3.83. The highest BCUT2D eigenvalue weighted by molar-refractivity contribution is 5.81. The Labute approximate surface area is 244 Å². The Morgan fingerprint density at radius 2 is 0.717 bits per heavy atom. The van der Waals surface area contributed by atoms with Crippen LogP contribution in [0.2, 0.25) is 0 Å². The summed E-state index contributed by atoms with van der Waals surface area (Å²) in [7, 11) is 0. The smallest absolute Gasteiger partial charge is 0.239 e. The molecular weight excluding hydrogens is 662 g/mol. The Bertz CT molecular complexity index is 1850. The van der Waals surface area contributed by atoms with Crippen molar-refractivity contribution in [3.8, 4) is 24.3 Å². The van der Waals surface area contributed by atoms with Gasteiger partial charge in [-0.3, -0.25) is 0 Å². The number of benzene rings is 1. The first-order valence-corrected chi connectivity index (χ1v) is 11.2. The molecule has 2 heterocycles. The van der Waals surface area contributed by atoms with E-state index in [1.54, 1.807) is 0 Å². The summed E-state index contributed by atoms with van der Waals surface area (Å²) in [5.74, 6) is -4.53. The van der Waals surface area contributed by atoms with Crippen LogP contribution in [0.3, 0.4) is 0 Å². The van der Waals surface area contributed by atoms with Gasteiger partial charge in [0.05, 0.1) is 32.7 Å². The summed E-state index contributed by atoms with van der Waals surface area (Å²) in [6, 6.07) is 2.95. The van der Waals surface area contributed by atoms with Crippen LogP contribution in [-0.2, 0) is 24.7 Å². The normalized spacial score (nSPS) is 13.6. The molecule has 3 rings (SSSR count). The number of aromatic nitrogens is 2. The van der Waals surface area contributed by atoms with E-state index < -0.39 is 103 Å². The molecule has 0 aliphatic rings. The molecule has 0 fully saturated rings. The Kier molecular flexibility index (Phi) is 8.78. The van der Waals surface area contributed by atoms with Crippen LogP contribution < -0.4 is 10.4 Å². The van der Waals surface area contributed by atoms with Gasteiger partial charge >= 0.3 is 24.7 Å². The maximum absolute atomic E-state index is 15.8. The molecule has 1 aromatic carbocycles. The van der Waals surface area contributed by atoms with Crippen molar-refractivity contribution in [2.24, 2.45) is 0 Å². The summed E-state index contributed by atoms with van der Waals surface area (Å²) in [5.41, 5.74) is -18.9. The predicted molar refractivity (Wildman–Crippen MR) is 120 cm³/mol. The average Bonchev–Trinajstić information content (AvgIpc) is 2.94. The lowest BCUT2D eigenvalue weighted by Crippen LogP contribution is -2.31. The third-order valence-electron chi connectivity index (χ3n) is 5.71. The monoisotopic (exact) mass is 666 g/mol. The lowest BCUT2D eigenvalue weighted by atomic mass is 9.93. The zero-order valence-electron chi connectivity index (χ0n) is 21.3. The number of hydrogen-bond donors (Lipinski definition) is 0. The molecule has 0 radical (unpaired) electrons. The Balaban J connectivity index is 2.70. The predicted octanol–water partition coefficient (Wildman–Crippen LogP) is 6.02. The van der Waals surface area contributed by atoms with E-state index in [0.717, 1.165) is 24.3 Å². The van der Waals surface area contributed by atoms with E-state index in [0.29, 0.717) is 0 Å². The molecule has 0 bridgehead atoms. The van der Waals surface area contributed by atoms with Crippen LogP contribution in [0.5, 0.6) is 0 Å². The molecule has 2 aromatic heterocycles. The number of halogens is 14. The number of nitrogens with zero attached hydrogens (tertiary/aromatic N) is 6. The molecule has 0 spiro atoms. The highest BCUT2D eigenvalue weighted by atomic mass is 19.4. The van der Waals surface area contributed by atoms with Gasteiger partial charge in [-0.15, -0.1) is 0 Å². The summed E-state index contributed by atoms with van der Waals surface area (Å²) in [6.07, 6.45) is -22.5. The second kappa shape index (κ2) is 11.6. The highest BCUT2D eigenvalue weighted by Crippen LogP contribution is 2.36. The summed E-state index contributed by atoms with van der Waals surface area (Å²) >= 11 is 0. The minimum absolute atomic E-state index is 0.215. The fraction of sp³-hybridized carbons (Fsp3) is 0.154. The zero-order valence-corrected chi connectivity index (χ0v) is 21.3. The molecular formula is C26H4F14N6. The first-order valence-electron chi connectivity index (χ1n) is 11.2. The van der Waals surface area contributed by atoms with E-state index in [1.165, 1.54) is 0 Å². The van der Waals surface area contributed by atoms with Crippen molar-refractivity contribution in [3.63, 3.8) is 0 Å². The Morgan fingerprint density at radius 3 is 0.891 bits per heavy atom. The van der Waals surface area contributed by atoms with Crippen molar-refractivity contribution < 1.29 is 61.5 Å². The molecule has 20 heteroatoms. The molecule has 0 aliphatic heterocycles. The molecule has 0 atom stereocenters. The number of hydrogen-bond acceptors (Lipinski definition) is 6. The number of pyridine rings is 2. The van der Waals surface area contributed by atoms with E-state index in [1.807, 2.05) is 0 Å². The van der Waals surface area contributed by atoms with Crippen LogP contribution in [-0.4, -0.2) is 9.97 Å². The summed E-state index contributed by atoms with van der Waals surface area (Å²) in [6.45, 7) is 0. The minimum atomic E-state index is -5.62. The van der Waals surface area contributed by atoms with Crippen LogP contribution in [0, 0.1) is 57.0 Å². The van der Waals surface area contributed by atoms with Gasteiger partial charge in [-0.1, -0.05) is 0 Å². The van der Waals surface area contributed by atoms with E-state index >= 15 is 8.78 Å². The Hall–Kier alpha value is -5.76. The highest BCUT2D eigenvalue weighted by Gasteiger charge is 2.41. The standard InChI is InChI=1S/C26H4F14N6/c27-21-14(8-44)20(12(6-42)10-3-17(25(35,36)37)46-18(4-10)26(38,39)40)22(28)13(7-43)19(21)11(5-41)9-1-15(23(29,30)31)45-16(2-9)24(32,33)34/h1-4H/b19-11+,20-12+. The molecule has 0 aliphatic carbocycles. The SMILES string of the molecule is N#C/C(c1cc(C(F)(F)F)nc(C(F)(F)F)c1)=c1\c(F)c(C#N)/c(=C(/C#N)c2cc(C(F)(F)F)nc(C(F)(F)F)c2)c(F)c1C#N. The zero-order chi connectivity index (χ0) is 35.2. The van der Waals surface area contributed by atoms with Gasteiger partial charge in [0.25, 0.3) is 0 Å². The third-order valence-corrected chi connectivity index (χ3v) is 5.71. The second-order valence-electron chi connectivity index (χ2n) is 8.57. The van der Waals surface area contributed by atoms with Crippen molar-refractivity contribution in [2.75, 3.05) is 0 Å². The fourth-order valence-corrected chi connectivity index (χ4v) is 3.83. The van der Waals surface area contributed by atoms with Gasteiger partial charge in [-0.05, 0) is 35.4 Å². The topological polar surface area (TPSA) is 121 Å². The molecule has 6 nitrogen and oxygen atoms in total. The maximum Gasteiger partial charge on any atom is 0.433 e. The van der Waals surface area contributed by atoms with Crippen LogP contribution in [0.4, 0.5) is 61.5 Å². The van der Waals surface area contributed by atoms with E-state index in [4.69, 9.17) is 0 Å². The third kappa shape index (κ3) is 6.51. The first kappa shape index (κ1) is 34.7. The van der Waals surface area contributed by atoms with Crippen molar-refractivity contribution in [2.45, 2.75) is 24.7 Å². The van der Waals surface area contributed by atoms with Crippen molar-refractivity contribution in [1.82, 2.24) is 9.97 Å². The molecule has 0 unspecified atom stereocenters. The molecule has 0 amide bonds. The van der Waals surface area contributed by atoms with Crippen LogP contribution >= 0.6 is 0 Å². The summed E-state index contributed by atoms with van der Waals surface area (Å²) in [4.78, 5) is 4.74. The van der Waals surface area contributed by atoms with Crippen LogP contribution in [0.15, 0.2) is 24.3 Å². The molecule has 0 N–H and O–H groups in total. The quantitative estimate of drug-likeness (QED) is 0.309. The number of rotatable bonds is 2. The van der Waals surface area contributed by atoms with Crippen molar-refractivity contribution in [3.05, 3.63) is 91.4 Å². The maximum atomic E-state index is 15.8. The lowest BCUT2D eigenvalue weighted by molar-refractivity contribution is -0.151. The largest absolute Gasteiger partial charge is 0.433 e. The first-order chi connectivity index (χ1) is 21.0. The van der Waals surface area contributed by atoms with Gasteiger partial charge in [-0.2, -0.15) is 73.7 Å². The minimum Gasteiger partial charge on any atom is -0.239 e. The molecule has 0 saturated carbocycles. The summed E-state index contributed by atoms with van der Waals surface area (Å²) < 4.78 is 192. The lowest BCUT2D eigenvalue weighted by Gasteiger charge is -2.14. The van der Waals surface area contributed by atoms with Gasteiger partial charge in [0.2, 0.25) is 0 Å². The van der Waals surface area contributed by atoms with Crippen LogP contribution in [0.25, 0.3) is 11.1 Å². The van der Waals surface area contributed by atoms with Gasteiger partial charge in [-0.25, -0.2) is 18.7 Å². The molecule has 236 valence electrons. The van der Waals surface area contributed by atoms with Gasteiger partial charge in [0.15, 0.2) is 11.6 Å². The van der Waals surface area contributed by atoms with Gasteiger partial charge in [0.1, 0.15) is 47.1 Å². The van der Waals surface area contributed by atoms with E-state index in [-0.39, 0.29) is 24.3 Å². The van der Waals surface area contributed by atoms with E-state index in [9.17, 15) is 73.7 Å². The van der Waals surface area contributed by atoms with Crippen LogP contribution in [0.1, 0.15) is 45.0 Å². The van der Waals surface area contributed by atoms with Crippen molar-refractivity contribution in [1.29, 1.82) is 21.0 Å². The number of alkyl halides is 12. The average molecular weight is 666 g/mol. The Morgan fingerprint density at radius 1 is 0.478 bits per heavy atom. The molecule has 46 heavy (non-hydrogen) atoms. The van der Waals surface area contributed by atoms with Gasteiger partial charge < -0.3 is 0 Å². The second-order valence-corrected chi connectivity index (χ2v) is 8.57. The molecule has 0 saturated heterocycles. The van der Waals surface area contributed by atoms with E-state index in [2.05, 4.69) is 9.97 Å². The summed E-state index contributed by atoms with van der Waals surface area (Å²) in [5, 5.41) is 34.9. The number of nitriles is 4. The van der Waals surface area contributed by atoms with Crippen molar-refractivity contribution >= 4 is 11.1 Å². The van der Waals surface area contributed by atoms with Gasteiger partial charge in [0, 0.05) is 0 Å².